The van der Waals surface area contributed by atoms with Gasteiger partial charge in [-0.25, -0.2) is 0 Å². The molecule has 1 aliphatic heterocycles. The minimum absolute atomic E-state index is 0.203. The van der Waals surface area contributed by atoms with Gasteiger partial charge in [-0.2, -0.15) is 0 Å². The van der Waals surface area contributed by atoms with E-state index >= 15 is 0 Å². The highest BCUT2D eigenvalue weighted by atomic mass is 16.1. The van der Waals surface area contributed by atoms with Crippen LogP contribution in [0, 0.1) is 5.41 Å². The van der Waals surface area contributed by atoms with Crippen LogP contribution in [-0.2, 0) is 4.79 Å². The fourth-order valence-electron chi connectivity index (χ4n) is 2.10. The van der Waals surface area contributed by atoms with Crippen LogP contribution in [0.3, 0.4) is 0 Å². The molecule has 4 heteroatoms. The fourth-order valence-corrected chi connectivity index (χ4v) is 2.10. The minimum Gasteiger partial charge on any atom is -0.368 e. The molecule has 0 saturated carbocycles. The molecule has 0 aliphatic carbocycles. The molecule has 0 bridgehead atoms. The lowest BCUT2D eigenvalue weighted by molar-refractivity contribution is -0.120. The van der Waals surface area contributed by atoms with Crippen molar-refractivity contribution in [3.8, 4) is 0 Å². The van der Waals surface area contributed by atoms with Gasteiger partial charge >= 0.3 is 0 Å². The summed E-state index contributed by atoms with van der Waals surface area (Å²) in [5, 5.41) is 3.13. The molecular weight excluding hydrogens is 202 g/mol. The van der Waals surface area contributed by atoms with Gasteiger partial charge in [-0.15, -0.1) is 0 Å². The number of nitrogens with zero attached hydrogens (tertiary/aromatic N) is 1. The zero-order valence-corrected chi connectivity index (χ0v) is 10.8. The van der Waals surface area contributed by atoms with Crippen LogP contribution in [-0.4, -0.2) is 43.0 Å². The summed E-state index contributed by atoms with van der Waals surface area (Å²) < 4.78 is 0. The number of rotatable bonds is 5. The summed E-state index contributed by atoms with van der Waals surface area (Å²) in [6.07, 6.45) is 2.40. The standard InChI is InChI=1S/C12H25N3O/c1-4-14-10(11(13)16)9-15-7-5-12(2,3)6-8-15/h10,14H,4-9H2,1-3H3,(H2,13,16). The normalized spacial score (nSPS) is 22.9. The smallest absolute Gasteiger partial charge is 0.235 e. The van der Waals surface area contributed by atoms with Gasteiger partial charge in [0.1, 0.15) is 0 Å². The van der Waals surface area contributed by atoms with Crippen molar-refractivity contribution in [1.82, 2.24) is 10.2 Å². The maximum atomic E-state index is 11.2. The number of likely N-dealkylation sites (N-methyl/N-ethyl adjacent to an activating group) is 1. The van der Waals surface area contributed by atoms with Gasteiger partial charge < -0.3 is 16.0 Å². The van der Waals surface area contributed by atoms with E-state index in [0.29, 0.717) is 5.41 Å². The maximum Gasteiger partial charge on any atom is 0.235 e. The molecule has 0 radical (unpaired) electrons. The van der Waals surface area contributed by atoms with Crippen LogP contribution in [0.5, 0.6) is 0 Å². The molecule has 0 spiro atoms. The van der Waals surface area contributed by atoms with Gasteiger partial charge in [-0.1, -0.05) is 20.8 Å². The number of likely N-dealkylation sites (tertiary alicyclic amines) is 1. The van der Waals surface area contributed by atoms with Gasteiger partial charge in [0.25, 0.3) is 0 Å². The van der Waals surface area contributed by atoms with Crippen LogP contribution >= 0.6 is 0 Å². The maximum absolute atomic E-state index is 11.2. The van der Waals surface area contributed by atoms with E-state index in [1.54, 1.807) is 0 Å². The molecule has 1 atom stereocenters. The summed E-state index contributed by atoms with van der Waals surface area (Å²) in [6.45, 7) is 10.3. The number of carbonyl (C=O) groups excluding carboxylic acids is 1. The number of amides is 1. The summed E-state index contributed by atoms with van der Waals surface area (Å²) in [5.74, 6) is -0.244. The molecule has 1 aliphatic rings. The van der Waals surface area contributed by atoms with Crippen LogP contribution in [0.25, 0.3) is 0 Å². The Morgan fingerprint density at radius 2 is 2.00 bits per heavy atom. The fraction of sp³-hybridized carbons (Fsp3) is 0.917. The van der Waals surface area contributed by atoms with Crippen molar-refractivity contribution in [3.63, 3.8) is 0 Å². The summed E-state index contributed by atoms with van der Waals surface area (Å²) in [4.78, 5) is 13.6. The molecule has 0 aromatic rings. The summed E-state index contributed by atoms with van der Waals surface area (Å²) in [7, 11) is 0. The average molecular weight is 227 g/mol. The Morgan fingerprint density at radius 1 is 1.44 bits per heavy atom. The highest BCUT2D eigenvalue weighted by Crippen LogP contribution is 2.29. The Labute approximate surface area is 98.6 Å². The first kappa shape index (κ1) is 13.5. The lowest BCUT2D eigenvalue weighted by Crippen LogP contribution is -2.51. The first-order valence-corrected chi connectivity index (χ1v) is 6.19. The second-order valence-corrected chi connectivity index (χ2v) is 5.48. The van der Waals surface area contributed by atoms with E-state index < -0.39 is 0 Å². The molecule has 1 fully saturated rings. The van der Waals surface area contributed by atoms with Crippen molar-refractivity contribution >= 4 is 5.91 Å². The minimum atomic E-state index is -0.244. The number of carbonyl (C=O) groups is 1. The van der Waals surface area contributed by atoms with Gasteiger partial charge in [-0.05, 0) is 37.9 Å². The van der Waals surface area contributed by atoms with Gasteiger partial charge in [0.05, 0.1) is 6.04 Å². The largest absolute Gasteiger partial charge is 0.368 e. The van der Waals surface area contributed by atoms with Crippen LogP contribution in [0.2, 0.25) is 0 Å². The Kier molecular flexibility index (Phi) is 4.74. The predicted molar refractivity (Wildman–Crippen MR) is 66.1 cm³/mol. The summed E-state index contributed by atoms with van der Waals surface area (Å²) in [5.41, 5.74) is 5.82. The van der Waals surface area contributed by atoms with E-state index in [1.807, 2.05) is 6.92 Å². The molecule has 94 valence electrons. The third kappa shape index (κ3) is 4.10. The van der Waals surface area contributed by atoms with Crippen molar-refractivity contribution < 1.29 is 4.79 Å². The van der Waals surface area contributed by atoms with E-state index in [9.17, 15) is 4.79 Å². The number of nitrogens with two attached hydrogens (primary N) is 1. The highest BCUT2D eigenvalue weighted by molar-refractivity contribution is 5.80. The van der Waals surface area contributed by atoms with E-state index in [-0.39, 0.29) is 11.9 Å². The van der Waals surface area contributed by atoms with Crippen LogP contribution in [0.1, 0.15) is 33.6 Å². The Morgan fingerprint density at radius 3 is 2.44 bits per heavy atom. The van der Waals surface area contributed by atoms with Gasteiger partial charge in [0.2, 0.25) is 5.91 Å². The van der Waals surface area contributed by atoms with Gasteiger partial charge in [-0.3, -0.25) is 4.79 Å². The summed E-state index contributed by atoms with van der Waals surface area (Å²) >= 11 is 0. The Bertz CT molecular complexity index is 230. The van der Waals surface area contributed by atoms with Gasteiger partial charge in [0, 0.05) is 6.54 Å². The Hall–Kier alpha value is -0.610. The first-order valence-electron chi connectivity index (χ1n) is 6.19. The first-order chi connectivity index (χ1) is 7.44. The van der Waals surface area contributed by atoms with Crippen molar-refractivity contribution in [2.75, 3.05) is 26.2 Å². The molecule has 1 unspecified atom stereocenters. The van der Waals surface area contributed by atoms with Crippen molar-refractivity contribution in [2.45, 2.75) is 39.7 Å². The third-order valence-electron chi connectivity index (χ3n) is 3.44. The predicted octanol–water partition coefficient (Wildman–Crippen LogP) is 0.572. The van der Waals surface area contributed by atoms with E-state index in [1.165, 1.54) is 12.8 Å². The molecule has 0 aromatic heterocycles. The number of primary amides is 1. The van der Waals surface area contributed by atoms with Crippen LogP contribution < -0.4 is 11.1 Å². The number of piperidine rings is 1. The molecule has 16 heavy (non-hydrogen) atoms. The lowest BCUT2D eigenvalue weighted by Gasteiger charge is -2.38. The molecule has 1 rings (SSSR count). The Balaban J connectivity index is 2.39. The molecule has 1 saturated heterocycles. The SMILES string of the molecule is CCNC(CN1CCC(C)(C)CC1)C(N)=O. The third-order valence-corrected chi connectivity index (χ3v) is 3.44. The second kappa shape index (κ2) is 5.64. The number of nitrogens with one attached hydrogen (secondary N) is 1. The average Bonchev–Trinajstić information content (AvgIpc) is 2.20. The van der Waals surface area contributed by atoms with E-state index in [4.69, 9.17) is 5.73 Å². The molecule has 1 amide bonds. The molecule has 4 nitrogen and oxygen atoms in total. The second-order valence-electron chi connectivity index (χ2n) is 5.48. The number of hydrogen-bond donors (Lipinski definition) is 2. The van der Waals surface area contributed by atoms with Crippen LogP contribution in [0.15, 0.2) is 0 Å². The molecular formula is C12H25N3O. The zero-order chi connectivity index (χ0) is 12.2. The van der Waals surface area contributed by atoms with Crippen molar-refractivity contribution in [3.05, 3.63) is 0 Å². The highest BCUT2D eigenvalue weighted by Gasteiger charge is 2.27. The molecule has 3 N–H and O–H groups in total. The van der Waals surface area contributed by atoms with E-state index in [0.717, 1.165) is 26.2 Å². The monoisotopic (exact) mass is 227 g/mol. The van der Waals surface area contributed by atoms with Crippen molar-refractivity contribution in [1.29, 1.82) is 0 Å². The molecule has 0 aromatic carbocycles. The van der Waals surface area contributed by atoms with Crippen molar-refractivity contribution in [2.24, 2.45) is 11.1 Å². The zero-order valence-electron chi connectivity index (χ0n) is 10.8. The lowest BCUT2D eigenvalue weighted by atomic mass is 9.82. The topological polar surface area (TPSA) is 58.4 Å². The summed E-state index contributed by atoms with van der Waals surface area (Å²) in [6, 6.07) is -0.203. The molecule has 1 heterocycles. The van der Waals surface area contributed by atoms with Crippen LogP contribution in [0.4, 0.5) is 0 Å². The number of hydrogen-bond acceptors (Lipinski definition) is 3. The van der Waals surface area contributed by atoms with Gasteiger partial charge in [0.15, 0.2) is 0 Å². The van der Waals surface area contributed by atoms with E-state index in [2.05, 4.69) is 24.1 Å². The quantitative estimate of drug-likeness (QED) is 0.722.